The summed E-state index contributed by atoms with van der Waals surface area (Å²) < 4.78 is 0. The van der Waals surface area contributed by atoms with E-state index in [1.165, 1.54) is 12.2 Å². The highest BCUT2D eigenvalue weighted by Gasteiger charge is 2.23. The van der Waals surface area contributed by atoms with Crippen LogP contribution in [0.15, 0.2) is 65.5 Å². The molecular weight excluding hydrogens is 354 g/mol. The Morgan fingerprint density at radius 3 is 2.79 bits per heavy atom. The average molecular weight is 373 g/mol. The molecule has 0 fully saturated rings. The van der Waals surface area contributed by atoms with Crippen LogP contribution in [0.25, 0.3) is 17.0 Å². The van der Waals surface area contributed by atoms with Crippen LogP contribution in [0, 0.1) is 0 Å². The molecule has 0 spiro atoms. The van der Waals surface area contributed by atoms with Crippen molar-refractivity contribution in [1.82, 2.24) is 10.3 Å². The Hall–Kier alpha value is -3.67. The van der Waals surface area contributed by atoms with Crippen molar-refractivity contribution in [3.8, 4) is 0 Å². The van der Waals surface area contributed by atoms with Crippen molar-refractivity contribution in [3.63, 3.8) is 0 Å². The molecule has 6 nitrogen and oxygen atoms in total. The summed E-state index contributed by atoms with van der Waals surface area (Å²) in [5, 5.41) is 3.47. The highest BCUT2D eigenvalue weighted by atomic mass is 16.2. The molecule has 2 aromatic carbocycles. The summed E-state index contributed by atoms with van der Waals surface area (Å²) in [6.07, 6.45) is 3.54. The van der Waals surface area contributed by atoms with Gasteiger partial charge in [0.25, 0.3) is 5.56 Å². The van der Waals surface area contributed by atoms with Crippen LogP contribution in [-0.2, 0) is 16.0 Å². The van der Waals surface area contributed by atoms with Gasteiger partial charge in [-0.25, -0.2) is 0 Å². The lowest BCUT2D eigenvalue weighted by atomic mass is 10.1. The normalized spacial score (nSPS) is 13.1. The third kappa shape index (κ3) is 3.57. The zero-order chi connectivity index (χ0) is 19.5. The Labute approximate surface area is 161 Å². The summed E-state index contributed by atoms with van der Waals surface area (Å²) in [6, 6.07) is 16.9. The van der Waals surface area contributed by atoms with Crippen molar-refractivity contribution in [1.29, 1.82) is 0 Å². The number of aromatic nitrogens is 1. The molecule has 0 saturated heterocycles. The van der Waals surface area contributed by atoms with Crippen LogP contribution in [0.4, 0.5) is 5.69 Å². The van der Waals surface area contributed by atoms with Crippen LogP contribution in [-0.4, -0.2) is 29.9 Å². The van der Waals surface area contributed by atoms with Crippen molar-refractivity contribution >= 4 is 34.5 Å². The Balaban J connectivity index is 1.39. The Kier molecular flexibility index (Phi) is 4.76. The number of nitrogens with one attached hydrogen (secondary N) is 2. The molecule has 28 heavy (non-hydrogen) atoms. The van der Waals surface area contributed by atoms with E-state index in [-0.39, 0.29) is 18.0 Å². The number of benzene rings is 2. The Morgan fingerprint density at radius 2 is 1.89 bits per heavy atom. The van der Waals surface area contributed by atoms with Gasteiger partial charge in [-0.05, 0) is 41.6 Å². The van der Waals surface area contributed by atoms with E-state index < -0.39 is 5.91 Å². The van der Waals surface area contributed by atoms with Crippen molar-refractivity contribution in [2.75, 3.05) is 18.0 Å². The second-order valence-electron chi connectivity index (χ2n) is 6.62. The number of amides is 2. The summed E-state index contributed by atoms with van der Waals surface area (Å²) in [7, 11) is 0. The fourth-order valence-corrected chi connectivity index (χ4v) is 3.37. The number of fused-ring (bicyclic) bond motifs is 2. The Morgan fingerprint density at radius 1 is 1.11 bits per heavy atom. The van der Waals surface area contributed by atoms with Crippen LogP contribution in [0.1, 0.15) is 11.1 Å². The number of para-hydroxylation sites is 2. The van der Waals surface area contributed by atoms with E-state index in [0.29, 0.717) is 12.1 Å². The van der Waals surface area contributed by atoms with Gasteiger partial charge >= 0.3 is 0 Å². The molecule has 2 heterocycles. The predicted molar refractivity (Wildman–Crippen MR) is 109 cm³/mol. The van der Waals surface area contributed by atoms with E-state index in [2.05, 4.69) is 10.3 Å². The summed E-state index contributed by atoms with van der Waals surface area (Å²) >= 11 is 0. The average Bonchev–Trinajstić information content (AvgIpc) is 3.14. The van der Waals surface area contributed by atoms with Crippen LogP contribution in [0.3, 0.4) is 0 Å². The zero-order valence-corrected chi connectivity index (χ0v) is 15.1. The first-order valence-electron chi connectivity index (χ1n) is 9.08. The number of carbonyl (C=O) groups excluding carboxylic acids is 2. The molecule has 0 bridgehead atoms. The molecular formula is C22H19N3O3. The predicted octanol–water partition coefficient (Wildman–Crippen LogP) is 2.25. The summed E-state index contributed by atoms with van der Waals surface area (Å²) in [5.74, 6) is -0.580. The van der Waals surface area contributed by atoms with Gasteiger partial charge in [0.15, 0.2) is 0 Å². The minimum atomic E-state index is -0.423. The molecule has 2 amide bonds. The van der Waals surface area contributed by atoms with Crippen LogP contribution in [0.2, 0.25) is 0 Å². The number of carbonyl (C=O) groups is 2. The molecule has 2 N–H and O–H groups in total. The summed E-state index contributed by atoms with van der Waals surface area (Å²) in [6.45, 7) is 0.530. The number of H-pyrrole nitrogens is 1. The molecule has 0 radical (unpaired) electrons. The minimum absolute atomic E-state index is 0.0917. The smallest absolute Gasteiger partial charge is 0.255 e. The quantitative estimate of drug-likeness (QED) is 0.688. The summed E-state index contributed by atoms with van der Waals surface area (Å²) in [5.41, 5.74) is 2.89. The third-order valence-electron chi connectivity index (χ3n) is 4.80. The van der Waals surface area contributed by atoms with Crippen molar-refractivity contribution in [3.05, 3.63) is 82.2 Å². The largest absolute Gasteiger partial charge is 0.343 e. The van der Waals surface area contributed by atoms with Gasteiger partial charge in [0, 0.05) is 29.4 Å². The highest BCUT2D eigenvalue weighted by Crippen LogP contribution is 2.27. The van der Waals surface area contributed by atoms with Crippen LogP contribution >= 0.6 is 0 Å². The number of rotatable bonds is 4. The fourth-order valence-electron chi connectivity index (χ4n) is 3.37. The van der Waals surface area contributed by atoms with Gasteiger partial charge in [0.2, 0.25) is 11.8 Å². The highest BCUT2D eigenvalue weighted by molar-refractivity contribution is 6.00. The molecule has 0 saturated carbocycles. The Bertz CT molecular complexity index is 1150. The number of aromatic amines is 1. The number of nitrogens with zero attached hydrogens (tertiary/aromatic N) is 1. The van der Waals surface area contributed by atoms with E-state index >= 15 is 0 Å². The third-order valence-corrected chi connectivity index (χ3v) is 4.80. The second kappa shape index (κ2) is 7.52. The second-order valence-corrected chi connectivity index (χ2v) is 6.62. The van der Waals surface area contributed by atoms with E-state index in [1.54, 1.807) is 11.0 Å². The van der Waals surface area contributed by atoms with E-state index in [1.807, 2.05) is 48.5 Å². The van der Waals surface area contributed by atoms with Gasteiger partial charge in [-0.3, -0.25) is 14.4 Å². The lowest BCUT2D eigenvalue weighted by Gasteiger charge is -2.17. The van der Waals surface area contributed by atoms with Crippen LogP contribution < -0.4 is 15.8 Å². The maximum absolute atomic E-state index is 12.4. The van der Waals surface area contributed by atoms with E-state index in [9.17, 15) is 14.4 Å². The molecule has 0 unspecified atom stereocenters. The number of anilines is 1. The lowest BCUT2D eigenvalue weighted by molar-refractivity contribution is -0.122. The lowest BCUT2D eigenvalue weighted by Crippen LogP contribution is -2.38. The maximum atomic E-state index is 12.4. The van der Waals surface area contributed by atoms with Gasteiger partial charge in [0.1, 0.15) is 0 Å². The zero-order valence-electron chi connectivity index (χ0n) is 15.1. The molecule has 1 aliphatic heterocycles. The molecule has 1 aliphatic rings. The molecule has 4 rings (SSSR count). The molecule has 6 heteroatoms. The minimum Gasteiger partial charge on any atom is -0.343 e. The van der Waals surface area contributed by atoms with Crippen LogP contribution in [0.5, 0.6) is 0 Å². The molecule has 0 aliphatic carbocycles. The van der Waals surface area contributed by atoms with Gasteiger partial charge in [-0.2, -0.15) is 0 Å². The molecule has 1 aromatic heterocycles. The standard InChI is InChI=1S/C22H19N3O3/c26-20(10-9-17-13-16-6-1-3-7-18(16)24-22(17)28)23-14-21(27)25-12-11-15-5-2-4-8-19(15)25/h1-10,13H,11-12,14H2,(H,23,26)(H,24,28)/b10-9+. The molecule has 140 valence electrons. The number of hydrogen-bond donors (Lipinski definition) is 2. The topological polar surface area (TPSA) is 82.3 Å². The van der Waals surface area contributed by atoms with E-state index in [0.717, 1.165) is 28.6 Å². The molecule has 0 atom stereocenters. The first-order valence-corrected chi connectivity index (χ1v) is 9.08. The SMILES string of the molecule is O=C(/C=C/c1cc2ccccc2[nH]c1=O)NCC(=O)N1CCc2ccccc21. The number of hydrogen-bond acceptors (Lipinski definition) is 3. The molecule has 3 aromatic rings. The first kappa shape index (κ1) is 17.7. The monoisotopic (exact) mass is 373 g/mol. The van der Waals surface area contributed by atoms with Gasteiger partial charge in [-0.15, -0.1) is 0 Å². The fraction of sp³-hybridized carbons (Fsp3) is 0.136. The van der Waals surface area contributed by atoms with Gasteiger partial charge in [-0.1, -0.05) is 36.4 Å². The van der Waals surface area contributed by atoms with Crippen molar-refractivity contribution in [2.24, 2.45) is 0 Å². The van der Waals surface area contributed by atoms with E-state index in [4.69, 9.17) is 0 Å². The maximum Gasteiger partial charge on any atom is 0.255 e. The van der Waals surface area contributed by atoms with Gasteiger partial charge < -0.3 is 15.2 Å². The summed E-state index contributed by atoms with van der Waals surface area (Å²) in [4.78, 5) is 41.1. The van der Waals surface area contributed by atoms with Gasteiger partial charge in [0.05, 0.1) is 6.54 Å². The number of pyridine rings is 1. The first-order chi connectivity index (χ1) is 13.6. The van der Waals surface area contributed by atoms with Crippen molar-refractivity contribution in [2.45, 2.75) is 6.42 Å². The van der Waals surface area contributed by atoms with Crippen molar-refractivity contribution < 1.29 is 9.59 Å².